The van der Waals surface area contributed by atoms with Crippen LogP contribution in [0.1, 0.15) is 15.3 Å². The van der Waals surface area contributed by atoms with Crippen molar-refractivity contribution in [3.05, 3.63) is 43.2 Å². The Hall–Kier alpha value is -0.350. The zero-order valence-corrected chi connectivity index (χ0v) is 10.8. The van der Waals surface area contributed by atoms with E-state index in [0.29, 0.717) is 0 Å². The van der Waals surface area contributed by atoms with Crippen LogP contribution in [0.3, 0.4) is 0 Å². The summed E-state index contributed by atoms with van der Waals surface area (Å²) in [5.74, 6) is 0. The second-order valence-electron chi connectivity index (χ2n) is 3.34. The van der Waals surface area contributed by atoms with E-state index in [1.54, 1.807) is 22.7 Å². The van der Waals surface area contributed by atoms with Crippen LogP contribution in [0.15, 0.2) is 22.9 Å². The molecule has 0 fully saturated rings. The predicted octanol–water partition coefficient (Wildman–Crippen LogP) is 4.06. The fourth-order valence-corrected chi connectivity index (χ4v) is 3.20. The summed E-state index contributed by atoms with van der Waals surface area (Å²) < 4.78 is 0. The molecule has 0 aliphatic carbocycles. The third kappa shape index (κ3) is 2.82. The molecule has 0 spiro atoms. The van der Waals surface area contributed by atoms with Gasteiger partial charge in [-0.1, -0.05) is 17.7 Å². The Bertz CT molecular complexity index is 420. The van der Waals surface area contributed by atoms with Crippen molar-refractivity contribution >= 4 is 34.3 Å². The molecule has 0 saturated heterocycles. The Morgan fingerprint density at radius 3 is 2.80 bits per heavy atom. The lowest BCUT2D eigenvalue weighted by Crippen LogP contribution is -2.10. The van der Waals surface area contributed by atoms with Gasteiger partial charge in [0.2, 0.25) is 0 Å². The van der Waals surface area contributed by atoms with Gasteiger partial charge in [-0.3, -0.25) is 0 Å². The predicted molar refractivity (Wildman–Crippen MR) is 68.9 cm³/mol. The second-order valence-corrected chi connectivity index (χ2v) is 5.71. The van der Waals surface area contributed by atoms with E-state index in [2.05, 4.69) is 28.2 Å². The number of aryl methyl sites for hydroxylation is 1. The third-order valence-electron chi connectivity index (χ3n) is 2.13. The van der Waals surface area contributed by atoms with Crippen LogP contribution in [0.5, 0.6) is 0 Å². The molecule has 1 N–H and O–H groups in total. The van der Waals surface area contributed by atoms with Gasteiger partial charge in [-0.2, -0.15) is 0 Å². The van der Waals surface area contributed by atoms with E-state index in [-0.39, 0.29) is 0 Å². The minimum Gasteiger partial charge on any atom is -0.307 e. The normalized spacial score (nSPS) is 10.8. The number of hydrogen-bond acceptors (Lipinski definition) is 3. The average Bonchev–Trinajstić information content (AvgIpc) is 2.83. The lowest BCUT2D eigenvalue weighted by molar-refractivity contribution is 0.709. The van der Waals surface area contributed by atoms with Crippen molar-refractivity contribution in [2.45, 2.75) is 20.0 Å². The van der Waals surface area contributed by atoms with Gasteiger partial charge in [0, 0.05) is 22.8 Å². The van der Waals surface area contributed by atoms with E-state index in [1.165, 1.54) is 15.3 Å². The second kappa shape index (κ2) is 5.12. The Kier molecular flexibility index (Phi) is 3.81. The van der Waals surface area contributed by atoms with Crippen molar-refractivity contribution < 1.29 is 0 Å². The summed E-state index contributed by atoms with van der Waals surface area (Å²) in [5, 5.41) is 8.51. The molecular weight excluding hydrogens is 246 g/mol. The topological polar surface area (TPSA) is 12.0 Å². The minimum absolute atomic E-state index is 0.856. The maximum Gasteiger partial charge on any atom is 0.0587 e. The quantitative estimate of drug-likeness (QED) is 0.871. The molecule has 80 valence electrons. The monoisotopic (exact) mass is 257 g/mol. The molecule has 2 aromatic heterocycles. The molecule has 0 saturated carbocycles. The first-order chi connectivity index (χ1) is 7.27. The number of rotatable bonds is 4. The van der Waals surface area contributed by atoms with Crippen molar-refractivity contribution in [2.24, 2.45) is 0 Å². The molecule has 0 radical (unpaired) electrons. The van der Waals surface area contributed by atoms with Gasteiger partial charge in [0.05, 0.1) is 5.02 Å². The van der Waals surface area contributed by atoms with E-state index >= 15 is 0 Å². The summed E-state index contributed by atoms with van der Waals surface area (Å²) in [6.45, 7) is 3.82. The van der Waals surface area contributed by atoms with Crippen molar-refractivity contribution in [1.82, 2.24) is 5.32 Å². The molecule has 0 bridgehead atoms. The van der Waals surface area contributed by atoms with E-state index in [0.717, 1.165) is 18.1 Å². The molecule has 2 heterocycles. The van der Waals surface area contributed by atoms with Crippen molar-refractivity contribution in [3.63, 3.8) is 0 Å². The molecule has 0 unspecified atom stereocenters. The van der Waals surface area contributed by atoms with E-state index in [4.69, 9.17) is 11.6 Å². The summed E-state index contributed by atoms with van der Waals surface area (Å²) >= 11 is 9.64. The highest BCUT2D eigenvalue weighted by Gasteiger charge is 2.05. The Morgan fingerprint density at radius 2 is 2.20 bits per heavy atom. The number of halogens is 1. The summed E-state index contributed by atoms with van der Waals surface area (Å²) in [7, 11) is 0. The highest BCUT2D eigenvalue weighted by Crippen LogP contribution is 2.26. The van der Waals surface area contributed by atoms with E-state index in [1.807, 2.05) is 6.92 Å². The van der Waals surface area contributed by atoms with Crippen molar-refractivity contribution in [2.75, 3.05) is 0 Å². The number of hydrogen-bond donors (Lipinski definition) is 1. The molecule has 4 heteroatoms. The first-order valence-corrected chi connectivity index (χ1v) is 6.86. The molecule has 15 heavy (non-hydrogen) atoms. The van der Waals surface area contributed by atoms with Gasteiger partial charge in [-0.15, -0.1) is 22.7 Å². The van der Waals surface area contributed by atoms with Crippen molar-refractivity contribution in [1.29, 1.82) is 0 Å². The van der Waals surface area contributed by atoms with Gasteiger partial charge in [-0.25, -0.2) is 0 Å². The van der Waals surface area contributed by atoms with Crippen LogP contribution < -0.4 is 5.32 Å². The molecule has 0 atom stereocenters. The molecule has 0 amide bonds. The molecular formula is C11H12ClNS2. The highest BCUT2D eigenvalue weighted by molar-refractivity contribution is 7.10. The molecule has 0 aliphatic heterocycles. The SMILES string of the molecule is Cc1csc(CNCc2cccs2)c1Cl. The van der Waals surface area contributed by atoms with Gasteiger partial charge < -0.3 is 5.32 Å². The Balaban J connectivity index is 1.86. The third-order valence-corrected chi connectivity index (χ3v) is 4.75. The van der Waals surface area contributed by atoms with Crippen LogP contribution in [0.25, 0.3) is 0 Å². The van der Waals surface area contributed by atoms with Gasteiger partial charge in [-0.05, 0) is 29.3 Å². The Labute approximate surface area is 103 Å². The lowest BCUT2D eigenvalue weighted by Gasteiger charge is -2.01. The van der Waals surface area contributed by atoms with Gasteiger partial charge in [0.15, 0.2) is 0 Å². The van der Waals surface area contributed by atoms with Crippen LogP contribution in [-0.2, 0) is 13.1 Å². The highest BCUT2D eigenvalue weighted by atomic mass is 35.5. The number of thiophene rings is 2. The number of nitrogens with one attached hydrogen (secondary N) is 1. The molecule has 1 nitrogen and oxygen atoms in total. The maximum atomic E-state index is 6.14. The fraction of sp³-hybridized carbons (Fsp3) is 0.273. The molecule has 2 rings (SSSR count). The zero-order valence-electron chi connectivity index (χ0n) is 8.42. The van der Waals surface area contributed by atoms with Crippen LogP contribution in [0.4, 0.5) is 0 Å². The first kappa shape index (κ1) is 11.1. The molecule has 2 aromatic rings. The summed E-state index contributed by atoms with van der Waals surface area (Å²) in [4.78, 5) is 2.59. The average molecular weight is 258 g/mol. The maximum absolute atomic E-state index is 6.14. The fourth-order valence-electron chi connectivity index (χ4n) is 1.31. The van der Waals surface area contributed by atoms with E-state index < -0.39 is 0 Å². The standard InChI is InChI=1S/C11H12ClNS2/c1-8-7-15-10(11(8)12)6-13-5-9-3-2-4-14-9/h2-4,7,13H,5-6H2,1H3. The zero-order chi connectivity index (χ0) is 10.7. The summed E-state index contributed by atoms with van der Waals surface area (Å²) in [6.07, 6.45) is 0. The van der Waals surface area contributed by atoms with Crippen LogP contribution >= 0.6 is 34.3 Å². The molecule has 0 aliphatic rings. The van der Waals surface area contributed by atoms with Gasteiger partial charge in [0.25, 0.3) is 0 Å². The van der Waals surface area contributed by atoms with Crippen LogP contribution in [0, 0.1) is 6.92 Å². The van der Waals surface area contributed by atoms with Crippen molar-refractivity contribution in [3.8, 4) is 0 Å². The summed E-state index contributed by atoms with van der Waals surface area (Å²) in [5.41, 5.74) is 1.18. The van der Waals surface area contributed by atoms with Crippen LogP contribution in [0.2, 0.25) is 5.02 Å². The van der Waals surface area contributed by atoms with Gasteiger partial charge in [0.1, 0.15) is 0 Å². The summed E-state index contributed by atoms with van der Waals surface area (Å²) in [6, 6.07) is 4.21. The Morgan fingerprint density at radius 1 is 1.33 bits per heavy atom. The van der Waals surface area contributed by atoms with Gasteiger partial charge >= 0.3 is 0 Å². The lowest BCUT2D eigenvalue weighted by atomic mass is 10.3. The van der Waals surface area contributed by atoms with Crippen LogP contribution in [-0.4, -0.2) is 0 Å². The van der Waals surface area contributed by atoms with E-state index in [9.17, 15) is 0 Å². The largest absolute Gasteiger partial charge is 0.307 e. The minimum atomic E-state index is 0.856. The first-order valence-electron chi connectivity index (χ1n) is 4.73. The molecule has 0 aromatic carbocycles. The smallest absolute Gasteiger partial charge is 0.0587 e.